The van der Waals surface area contributed by atoms with Crippen LogP contribution < -0.4 is 0 Å². The molecule has 2 heteroatoms. The van der Waals surface area contributed by atoms with Crippen molar-refractivity contribution in [3.05, 3.63) is 100 Å². The molecule has 0 spiro atoms. The van der Waals surface area contributed by atoms with E-state index in [0.29, 0.717) is 5.92 Å². The molecule has 0 fully saturated rings. The molecule has 0 saturated heterocycles. The van der Waals surface area contributed by atoms with Crippen LogP contribution >= 0.6 is 22.6 Å². The second kappa shape index (κ2) is 6.44. The molecular weight excluding hydrogens is 429 g/mol. The van der Waals surface area contributed by atoms with Crippen LogP contribution in [0.5, 0.6) is 0 Å². The SMILES string of the molecule is Ic1cccc(C2C=CC(n3c4ccccc4c4ccccc43)=CC2)c1. The number of para-hydroxylation sites is 2. The Labute approximate surface area is 166 Å². The van der Waals surface area contributed by atoms with Gasteiger partial charge in [-0.25, -0.2) is 0 Å². The zero-order chi connectivity index (χ0) is 17.5. The molecule has 126 valence electrons. The second-order valence-electron chi connectivity index (χ2n) is 6.76. The lowest BCUT2D eigenvalue weighted by atomic mass is 9.92. The van der Waals surface area contributed by atoms with Crippen molar-refractivity contribution < 1.29 is 0 Å². The summed E-state index contributed by atoms with van der Waals surface area (Å²) in [5.74, 6) is 0.460. The summed E-state index contributed by atoms with van der Waals surface area (Å²) in [5, 5.41) is 2.63. The summed E-state index contributed by atoms with van der Waals surface area (Å²) in [6, 6.07) is 26.2. The Morgan fingerprint density at radius 3 is 2.12 bits per heavy atom. The van der Waals surface area contributed by atoms with Gasteiger partial charge in [0.2, 0.25) is 0 Å². The van der Waals surface area contributed by atoms with Crippen molar-refractivity contribution in [2.24, 2.45) is 0 Å². The van der Waals surface area contributed by atoms with Crippen LogP contribution in [-0.4, -0.2) is 4.57 Å². The minimum Gasteiger partial charge on any atom is -0.310 e. The Hall–Kier alpha value is -2.33. The van der Waals surface area contributed by atoms with Crippen LogP contribution in [0.1, 0.15) is 17.9 Å². The average Bonchev–Trinajstić information content (AvgIpc) is 3.03. The van der Waals surface area contributed by atoms with E-state index in [9.17, 15) is 0 Å². The molecule has 1 heterocycles. The van der Waals surface area contributed by atoms with Crippen molar-refractivity contribution in [1.82, 2.24) is 4.57 Å². The van der Waals surface area contributed by atoms with Gasteiger partial charge < -0.3 is 4.57 Å². The van der Waals surface area contributed by atoms with Crippen molar-refractivity contribution in [3.63, 3.8) is 0 Å². The first-order valence-electron chi connectivity index (χ1n) is 8.94. The third-order valence-electron chi connectivity index (χ3n) is 5.20. The number of nitrogens with zero attached hydrogens (tertiary/aromatic N) is 1. The van der Waals surface area contributed by atoms with Crippen LogP contribution in [0.15, 0.2) is 91.0 Å². The zero-order valence-electron chi connectivity index (χ0n) is 14.3. The monoisotopic (exact) mass is 447 g/mol. The standard InChI is InChI=1S/C24H18IN/c25-19-7-5-6-18(16-19)17-12-14-20(15-13-17)26-23-10-3-1-8-21(23)22-9-2-4-11-24(22)26/h1-12,14-17H,13H2. The molecule has 4 aromatic rings. The fourth-order valence-corrected chi connectivity index (χ4v) is 4.53. The van der Waals surface area contributed by atoms with Gasteiger partial charge in [-0.05, 0) is 64.9 Å². The summed E-state index contributed by atoms with van der Waals surface area (Å²) in [4.78, 5) is 0. The number of hydrogen-bond donors (Lipinski definition) is 0. The van der Waals surface area contributed by atoms with E-state index in [1.807, 2.05) is 0 Å². The van der Waals surface area contributed by atoms with Crippen molar-refractivity contribution in [3.8, 4) is 0 Å². The Morgan fingerprint density at radius 2 is 1.50 bits per heavy atom. The van der Waals surface area contributed by atoms with Gasteiger partial charge in [-0.15, -0.1) is 0 Å². The fourth-order valence-electron chi connectivity index (χ4n) is 3.96. The number of benzene rings is 3. The molecule has 1 atom stereocenters. The largest absolute Gasteiger partial charge is 0.310 e. The quantitative estimate of drug-likeness (QED) is 0.292. The molecule has 0 saturated carbocycles. The van der Waals surface area contributed by atoms with Gasteiger partial charge >= 0.3 is 0 Å². The molecule has 1 aliphatic rings. The third-order valence-corrected chi connectivity index (χ3v) is 5.87. The zero-order valence-corrected chi connectivity index (χ0v) is 16.4. The molecule has 1 aromatic heterocycles. The molecule has 1 nitrogen and oxygen atoms in total. The summed E-state index contributed by atoms with van der Waals surface area (Å²) >= 11 is 2.39. The maximum Gasteiger partial charge on any atom is 0.0540 e. The fraction of sp³-hybridized carbons (Fsp3) is 0.0833. The Kier molecular flexibility index (Phi) is 3.93. The first kappa shape index (κ1) is 15.9. The minimum atomic E-state index is 0.460. The topological polar surface area (TPSA) is 4.93 Å². The number of hydrogen-bond acceptors (Lipinski definition) is 0. The molecule has 1 aliphatic carbocycles. The van der Waals surface area contributed by atoms with Crippen molar-refractivity contribution in [2.75, 3.05) is 0 Å². The Bertz CT molecular complexity index is 1130. The maximum atomic E-state index is 2.39. The molecule has 0 amide bonds. The highest BCUT2D eigenvalue weighted by Crippen LogP contribution is 2.35. The van der Waals surface area contributed by atoms with E-state index < -0.39 is 0 Å². The second-order valence-corrected chi connectivity index (χ2v) is 8.00. The van der Waals surface area contributed by atoms with Gasteiger partial charge in [0.15, 0.2) is 0 Å². The summed E-state index contributed by atoms with van der Waals surface area (Å²) in [7, 11) is 0. The van der Waals surface area contributed by atoms with Gasteiger partial charge in [0.25, 0.3) is 0 Å². The third kappa shape index (κ3) is 2.60. The van der Waals surface area contributed by atoms with Crippen molar-refractivity contribution >= 4 is 50.1 Å². The molecule has 1 unspecified atom stereocenters. The predicted molar refractivity (Wildman–Crippen MR) is 119 cm³/mol. The van der Waals surface area contributed by atoms with E-state index in [4.69, 9.17) is 0 Å². The van der Waals surface area contributed by atoms with E-state index in [2.05, 4.69) is 118 Å². The molecule has 0 radical (unpaired) electrons. The number of allylic oxidation sites excluding steroid dienone is 4. The van der Waals surface area contributed by atoms with Gasteiger partial charge in [0, 0.05) is 26.0 Å². The summed E-state index contributed by atoms with van der Waals surface area (Å²) in [6.07, 6.45) is 8.05. The van der Waals surface area contributed by atoms with E-state index in [0.717, 1.165) is 6.42 Å². The first-order valence-corrected chi connectivity index (χ1v) is 10.0. The van der Waals surface area contributed by atoms with Crippen LogP contribution in [0.2, 0.25) is 0 Å². The van der Waals surface area contributed by atoms with Crippen LogP contribution in [-0.2, 0) is 0 Å². The highest BCUT2D eigenvalue weighted by Gasteiger charge is 2.16. The summed E-state index contributed by atoms with van der Waals surface area (Å²) in [6.45, 7) is 0. The molecule has 0 aliphatic heterocycles. The molecular formula is C24H18IN. The summed E-state index contributed by atoms with van der Waals surface area (Å²) in [5.41, 5.74) is 5.21. The Balaban J connectivity index is 1.60. The van der Waals surface area contributed by atoms with Gasteiger partial charge in [-0.2, -0.15) is 0 Å². The summed E-state index contributed by atoms with van der Waals surface area (Å²) < 4.78 is 3.69. The highest BCUT2D eigenvalue weighted by atomic mass is 127. The number of rotatable bonds is 2. The Morgan fingerprint density at radius 1 is 0.808 bits per heavy atom. The molecule has 5 rings (SSSR count). The average molecular weight is 447 g/mol. The van der Waals surface area contributed by atoms with Crippen LogP contribution in [0.3, 0.4) is 0 Å². The predicted octanol–water partition coefficient (Wildman–Crippen LogP) is 6.98. The van der Waals surface area contributed by atoms with Crippen molar-refractivity contribution in [2.45, 2.75) is 12.3 Å². The van der Waals surface area contributed by atoms with Crippen molar-refractivity contribution in [1.29, 1.82) is 0 Å². The van der Waals surface area contributed by atoms with Gasteiger partial charge in [-0.3, -0.25) is 0 Å². The lowest BCUT2D eigenvalue weighted by Crippen LogP contribution is -2.03. The minimum absolute atomic E-state index is 0.460. The number of halogens is 1. The first-order chi connectivity index (χ1) is 12.8. The normalized spacial score (nSPS) is 17.0. The van der Waals surface area contributed by atoms with Gasteiger partial charge in [0.05, 0.1) is 11.0 Å². The van der Waals surface area contributed by atoms with Gasteiger partial charge in [-0.1, -0.05) is 60.7 Å². The van der Waals surface area contributed by atoms with E-state index in [-0.39, 0.29) is 0 Å². The van der Waals surface area contributed by atoms with Crippen LogP contribution in [0.4, 0.5) is 0 Å². The smallest absolute Gasteiger partial charge is 0.0540 e. The lowest BCUT2D eigenvalue weighted by Gasteiger charge is -2.19. The maximum absolute atomic E-state index is 2.39. The van der Waals surface area contributed by atoms with E-state index in [1.165, 1.54) is 36.6 Å². The number of fused-ring (bicyclic) bond motifs is 3. The number of aromatic nitrogens is 1. The molecule has 3 aromatic carbocycles. The molecule has 26 heavy (non-hydrogen) atoms. The van der Waals surface area contributed by atoms with Gasteiger partial charge in [0.1, 0.15) is 0 Å². The molecule has 0 N–H and O–H groups in total. The van der Waals surface area contributed by atoms with E-state index >= 15 is 0 Å². The van der Waals surface area contributed by atoms with Crippen LogP contribution in [0.25, 0.3) is 27.5 Å². The highest BCUT2D eigenvalue weighted by molar-refractivity contribution is 14.1. The van der Waals surface area contributed by atoms with E-state index in [1.54, 1.807) is 0 Å². The molecule has 0 bridgehead atoms. The lowest BCUT2D eigenvalue weighted by molar-refractivity contribution is 0.849. The van der Waals surface area contributed by atoms with Crippen LogP contribution in [0, 0.1) is 3.57 Å².